The quantitative estimate of drug-likeness (QED) is 0.898. The Balaban J connectivity index is 1.42. The molecular formula is C17H23N5O2S. The molecule has 0 radical (unpaired) electrons. The third-order valence-electron chi connectivity index (χ3n) is 4.99. The van der Waals surface area contributed by atoms with Crippen LogP contribution >= 0.6 is 11.3 Å². The van der Waals surface area contributed by atoms with Crippen LogP contribution < -0.4 is 11.0 Å². The van der Waals surface area contributed by atoms with Crippen LogP contribution in [0.3, 0.4) is 0 Å². The van der Waals surface area contributed by atoms with Crippen molar-refractivity contribution in [2.24, 2.45) is 5.92 Å². The van der Waals surface area contributed by atoms with E-state index in [1.807, 2.05) is 13.8 Å². The molecule has 2 aromatic rings. The smallest absolute Gasteiger partial charge is 0.345 e. The Kier molecular flexibility index (Phi) is 4.23. The van der Waals surface area contributed by atoms with Crippen molar-refractivity contribution in [3.05, 3.63) is 31.9 Å². The number of rotatable bonds is 4. The van der Waals surface area contributed by atoms with Crippen molar-refractivity contribution >= 4 is 17.2 Å². The Morgan fingerprint density at radius 2 is 2.08 bits per heavy atom. The molecule has 2 aliphatic rings. The second-order valence-electron chi connectivity index (χ2n) is 7.12. The van der Waals surface area contributed by atoms with Crippen LogP contribution in [0.25, 0.3) is 0 Å². The van der Waals surface area contributed by atoms with Gasteiger partial charge < -0.3 is 5.32 Å². The summed E-state index contributed by atoms with van der Waals surface area (Å²) in [5.74, 6) is 1.43. The molecule has 1 unspecified atom stereocenters. The van der Waals surface area contributed by atoms with Gasteiger partial charge in [-0.25, -0.2) is 14.5 Å². The summed E-state index contributed by atoms with van der Waals surface area (Å²) in [6.07, 6.45) is 4.70. The predicted octanol–water partition coefficient (Wildman–Crippen LogP) is 1.66. The molecule has 0 saturated heterocycles. The van der Waals surface area contributed by atoms with Crippen molar-refractivity contribution in [1.82, 2.24) is 24.6 Å². The number of fused-ring (bicyclic) bond motifs is 1. The number of carbonyl (C=O) groups excluding carboxylic acids is 1. The van der Waals surface area contributed by atoms with Crippen LogP contribution in [0, 0.1) is 19.8 Å². The Bertz CT molecular complexity index is 861. The van der Waals surface area contributed by atoms with Crippen LogP contribution in [0.1, 0.15) is 51.9 Å². The molecule has 1 N–H and O–H groups in total. The van der Waals surface area contributed by atoms with Crippen molar-refractivity contribution in [1.29, 1.82) is 0 Å². The van der Waals surface area contributed by atoms with Gasteiger partial charge in [0.25, 0.3) is 5.91 Å². The van der Waals surface area contributed by atoms with Crippen molar-refractivity contribution < 1.29 is 4.79 Å². The first-order valence-corrected chi connectivity index (χ1v) is 9.74. The molecular weight excluding hydrogens is 338 g/mol. The molecule has 0 spiro atoms. The summed E-state index contributed by atoms with van der Waals surface area (Å²) in [6.45, 7) is 5.14. The maximum atomic E-state index is 12.5. The van der Waals surface area contributed by atoms with E-state index in [0.29, 0.717) is 17.3 Å². The van der Waals surface area contributed by atoms with Crippen molar-refractivity contribution in [3.63, 3.8) is 0 Å². The topological polar surface area (TPSA) is 81.8 Å². The van der Waals surface area contributed by atoms with Gasteiger partial charge in [0.05, 0.1) is 10.7 Å². The van der Waals surface area contributed by atoms with Gasteiger partial charge in [-0.3, -0.25) is 9.36 Å². The van der Waals surface area contributed by atoms with Crippen molar-refractivity contribution in [3.8, 4) is 0 Å². The predicted molar refractivity (Wildman–Crippen MR) is 95.0 cm³/mol. The molecule has 1 aliphatic heterocycles. The van der Waals surface area contributed by atoms with Gasteiger partial charge in [0, 0.05) is 25.6 Å². The molecule has 1 saturated carbocycles. The highest BCUT2D eigenvalue weighted by atomic mass is 32.1. The highest BCUT2D eigenvalue weighted by molar-refractivity contribution is 7.13. The summed E-state index contributed by atoms with van der Waals surface area (Å²) in [7, 11) is 0. The summed E-state index contributed by atoms with van der Waals surface area (Å²) >= 11 is 1.43. The van der Waals surface area contributed by atoms with Crippen LogP contribution in [0.15, 0.2) is 4.79 Å². The molecule has 7 nitrogen and oxygen atoms in total. The van der Waals surface area contributed by atoms with Gasteiger partial charge in [-0.05, 0) is 45.4 Å². The van der Waals surface area contributed by atoms with Gasteiger partial charge in [0.15, 0.2) is 0 Å². The number of hydrogen-bond acceptors (Lipinski definition) is 5. The van der Waals surface area contributed by atoms with E-state index < -0.39 is 0 Å². The standard InChI is InChI=1S/C17H23N5O2S/c1-10-15(25-11(2)18-10)16(23)19-13-5-6-14-20-22(9-12-3-4-12)17(24)21(14)8-7-13/h12-13H,3-9H2,1-2H3,(H,19,23). The highest BCUT2D eigenvalue weighted by Crippen LogP contribution is 2.30. The molecule has 25 heavy (non-hydrogen) atoms. The first-order chi connectivity index (χ1) is 12.0. The maximum absolute atomic E-state index is 12.5. The van der Waals surface area contributed by atoms with Crippen molar-refractivity contribution in [2.45, 2.75) is 65.1 Å². The normalized spacial score (nSPS) is 20.2. The zero-order valence-corrected chi connectivity index (χ0v) is 15.4. The van der Waals surface area contributed by atoms with Crippen LogP contribution in [-0.2, 0) is 19.5 Å². The van der Waals surface area contributed by atoms with Gasteiger partial charge in [0.2, 0.25) is 0 Å². The molecule has 1 aliphatic carbocycles. The van der Waals surface area contributed by atoms with E-state index in [1.54, 1.807) is 9.25 Å². The first-order valence-electron chi connectivity index (χ1n) is 8.92. The third-order valence-corrected chi connectivity index (χ3v) is 6.06. The van der Waals surface area contributed by atoms with E-state index in [-0.39, 0.29) is 17.6 Å². The van der Waals surface area contributed by atoms with Crippen LogP contribution in [0.2, 0.25) is 0 Å². The summed E-state index contributed by atoms with van der Waals surface area (Å²) < 4.78 is 3.42. The van der Waals surface area contributed by atoms with Gasteiger partial charge in [0.1, 0.15) is 10.7 Å². The van der Waals surface area contributed by atoms with E-state index in [4.69, 9.17) is 0 Å². The molecule has 1 fully saturated rings. The molecule has 2 aromatic heterocycles. The fraction of sp³-hybridized carbons (Fsp3) is 0.647. The third kappa shape index (κ3) is 3.40. The average Bonchev–Trinajstić information content (AvgIpc) is 3.28. The summed E-state index contributed by atoms with van der Waals surface area (Å²) in [4.78, 5) is 30.0. The number of thiazole rings is 1. The monoisotopic (exact) mass is 361 g/mol. The number of aryl methyl sites for hydroxylation is 3. The van der Waals surface area contributed by atoms with Gasteiger partial charge in [-0.15, -0.1) is 11.3 Å². The fourth-order valence-corrected chi connectivity index (χ4v) is 4.25. The Morgan fingerprint density at radius 3 is 2.76 bits per heavy atom. The SMILES string of the molecule is Cc1nc(C)c(C(=O)NC2CCc3nn(CC4CC4)c(=O)n3CC2)s1. The molecule has 1 atom stereocenters. The van der Waals surface area contributed by atoms with Crippen LogP contribution in [0.5, 0.6) is 0 Å². The van der Waals surface area contributed by atoms with E-state index in [2.05, 4.69) is 15.4 Å². The molecule has 0 aromatic carbocycles. The molecule has 0 bridgehead atoms. The number of carbonyl (C=O) groups is 1. The van der Waals surface area contributed by atoms with E-state index >= 15 is 0 Å². The first kappa shape index (κ1) is 16.5. The van der Waals surface area contributed by atoms with Gasteiger partial charge >= 0.3 is 5.69 Å². The summed E-state index contributed by atoms with van der Waals surface area (Å²) in [6, 6.07) is 0.0623. The largest absolute Gasteiger partial charge is 0.348 e. The minimum absolute atomic E-state index is 0.00259. The number of amides is 1. The van der Waals surface area contributed by atoms with E-state index in [0.717, 1.165) is 42.3 Å². The summed E-state index contributed by atoms with van der Waals surface area (Å²) in [5, 5.41) is 8.54. The minimum Gasteiger partial charge on any atom is -0.348 e. The molecule has 134 valence electrons. The number of nitrogens with zero attached hydrogens (tertiary/aromatic N) is 4. The number of aromatic nitrogens is 4. The second kappa shape index (κ2) is 6.40. The lowest BCUT2D eigenvalue weighted by Crippen LogP contribution is -2.35. The Labute approximate surface area is 150 Å². The second-order valence-corrected chi connectivity index (χ2v) is 8.32. The van der Waals surface area contributed by atoms with E-state index in [9.17, 15) is 9.59 Å². The van der Waals surface area contributed by atoms with Gasteiger partial charge in [-0.2, -0.15) is 5.10 Å². The van der Waals surface area contributed by atoms with Crippen LogP contribution in [0.4, 0.5) is 0 Å². The van der Waals surface area contributed by atoms with Crippen molar-refractivity contribution in [2.75, 3.05) is 0 Å². The molecule has 4 rings (SSSR count). The zero-order valence-electron chi connectivity index (χ0n) is 14.6. The molecule has 8 heteroatoms. The van der Waals surface area contributed by atoms with Gasteiger partial charge in [-0.1, -0.05) is 0 Å². The van der Waals surface area contributed by atoms with E-state index in [1.165, 1.54) is 24.2 Å². The highest BCUT2D eigenvalue weighted by Gasteiger charge is 2.27. The minimum atomic E-state index is -0.0567. The lowest BCUT2D eigenvalue weighted by molar-refractivity contribution is 0.0936. The number of nitrogens with one attached hydrogen (secondary N) is 1. The Hall–Kier alpha value is -1.96. The lowest BCUT2D eigenvalue weighted by atomic mass is 10.1. The summed E-state index contributed by atoms with van der Waals surface area (Å²) in [5.41, 5.74) is 0.785. The lowest BCUT2D eigenvalue weighted by Gasteiger charge is -2.15. The fourth-order valence-electron chi connectivity index (χ4n) is 3.43. The Morgan fingerprint density at radius 1 is 1.28 bits per heavy atom. The maximum Gasteiger partial charge on any atom is 0.345 e. The van der Waals surface area contributed by atoms with Crippen LogP contribution in [-0.4, -0.2) is 31.3 Å². The molecule has 1 amide bonds. The zero-order chi connectivity index (χ0) is 17.6. The molecule has 3 heterocycles. The number of hydrogen-bond donors (Lipinski definition) is 1. The average molecular weight is 361 g/mol.